The van der Waals surface area contributed by atoms with Gasteiger partial charge in [0.25, 0.3) is 0 Å². The fourth-order valence-corrected chi connectivity index (χ4v) is 3.88. The molecule has 1 aliphatic rings. The monoisotopic (exact) mass is 313 g/mol. The summed E-state index contributed by atoms with van der Waals surface area (Å²) in [5, 5.41) is 4.36. The van der Waals surface area contributed by atoms with E-state index in [0.717, 1.165) is 37.6 Å². The van der Waals surface area contributed by atoms with Crippen molar-refractivity contribution in [3.8, 4) is 0 Å². The molecule has 0 radical (unpaired) electrons. The van der Waals surface area contributed by atoms with Crippen LogP contribution in [0.1, 0.15) is 43.9 Å². The second-order valence-electron chi connectivity index (χ2n) is 7.12. The Morgan fingerprint density at radius 1 is 1.39 bits per heavy atom. The summed E-state index contributed by atoms with van der Waals surface area (Å²) in [5.74, 6) is 0.0625. The molecule has 0 saturated heterocycles. The molecule has 4 heteroatoms. The normalized spacial score (nSPS) is 24.7. The second-order valence-corrected chi connectivity index (χ2v) is 7.12. The Hall–Kier alpha value is -1.81. The van der Waals surface area contributed by atoms with Gasteiger partial charge in [0.15, 0.2) is 0 Å². The van der Waals surface area contributed by atoms with Crippen LogP contribution in [0.15, 0.2) is 24.3 Å². The zero-order valence-electron chi connectivity index (χ0n) is 14.1. The minimum Gasteiger partial charge on any atom is -0.358 e. The summed E-state index contributed by atoms with van der Waals surface area (Å²) in [4.78, 5) is 15.9. The van der Waals surface area contributed by atoms with Gasteiger partial charge in [0.2, 0.25) is 5.91 Å². The van der Waals surface area contributed by atoms with E-state index in [1.54, 1.807) is 0 Å². The third-order valence-electron chi connectivity index (χ3n) is 5.27. The van der Waals surface area contributed by atoms with Gasteiger partial charge in [0, 0.05) is 28.7 Å². The van der Waals surface area contributed by atoms with Crippen molar-refractivity contribution >= 4 is 16.8 Å². The number of hydrogen-bond donors (Lipinski definition) is 3. The van der Waals surface area contributed by atoms with Crippen LogP contribution < -0.4 is 11.1 Å². The highest BCUT2D eigenvalue weighted by Crippen LogP contribution is 2.31. The minimum atomic E-state index is -0.362. The van der Waals surface area contributed by atoms with Gasteiger partial charge in [-0.25, -0.2) is 0 Å². The number of carbonyl (C=O) groups excluding carboxylic acids is 1. The highest BCUT2D eigenvalue weighted by molar-refractivity contribution is 5.84. The third kappa shape index (κ3) is 3.27. The van der Waals surface area contributed by atoms with Crippen LogP contribution in [-0.2, 0) is 11.2 Å². The summed E-state index contributed by atoms with van der Waals surface area (Å²) >= 11 is 0. The van der Waals surface area contributed by atoms with Crippen molar-refractivity contribution in [1.29, 1.82) is 0 Å². The van der Waals surface area contributed by atoms with Crippen molar-refractivity contribution in [3.63, 3.8) is 0 Å². The molecule has 1 saturated carbocycles. The van der Waals surface area contributed by atoms with Crippen molar-refractivity contribution in [1.82, 2.24) is 10.3 Å². The molecule has 1 aromatic heterocycles. The van der Waals surface area contributed by atoms with Gasteiger partial charge in [0.1, 0.15) is 0 Å². The molecule has 1 heterocycles. The number of benzene rings is 1. The molecule has 1 aliphatic carbocycles. The molecule has 4 N–H and O–H groups in total. The molecule has 23 heavy (non-hydrogen) atoms. The smallest absolute Gasteiger partial charge is 0.224 e. The molecule has 2 atom stereocenters. The number of rotatable bonds is 4. The van der Waals surface area contributed by atoms with Crippen molar-refractivity contribution in [3.05, 3.63) is 35.5 Å². The first-order chi connectivity index (χ1) is 11.0. The Balaban J connectivity index is 1.62. The predicted molar refractivity (Wildman–Crippen MR) is 94.3 cm³/mol. The quantitative estimate of drug-likeness (QED) is 0.812. The zero-order chi connectivity index (χ0) is 16.4. The fraction of sp³-hybridized carbons (Fsp3) is 0.526. The van der Waals surface area contributed by atoms with Crippen LogP contribution in [0.4, 0.5) is 0 Å². The van der Waals surface area contributed by atoms with E-state index in [9.17, 15) is 4.79 Å². The van der Waals surface area contributed by atoms with Crippen molar-refractivity contribution in [2.24, 2.45) is 11.7 Å². The Bertz CT molecular complexity index is 702. The van der Waals surface area contributed by atoms with Crippen LogP contribution in [0.3, 0.4) is 0 Å². The Kier molecular flexibility index (Phi) is 4.44. The van der Waals surface area contributed by atoms with E-state index in [0.29, 0.717) is 6.54 Å². The van der Waals surface area contributed by atoms with E-state index < -0.39 is 0 Å². The topological polar surface area (TPSA) is 70.9 Å². The summed E-state index contributed by atoms with van der Waals surface area (Å²) in [6, 6.07) is 8.31. The molecule has 2 unspecified atom stereocenters. The first-order valence-corrected chi connectivity index (χ1v) is 8.62. The summed E-state index contributed by atoms with van der Waals surface area (Å²) in [5.41, 5.74) is 9.59. The Labute approximate surface area is 137 Å². The van der Waals surface area contributed by atoms with Gasteiger partial charge in [-0.05, 0) is 44.7 Å². The van der Waals surface area contributed by atoms with Gasteiger partial charge in [-0.2, -0.15) is 0 Å². The van der Waals surface area contributed by atoms with Crippen molar-refractivity contribution in [2.45, 2.75) is 51.5 Å². The lowest BCUT2D eigenvalue weighted by Crippen LogP contribution is -2.53. The molecule has 2 aromatic rings. The number of carbonyl (C=O) groups is 1. The average molecular weight is 313 g/mol. The van der Waals surface area contributed by atoms with Gasteiger partial charge < -0.3 is 16.0 Å². The SMILES string of the molecule is Cc1[nH]c2ccccc2c1CCNC(=O)C1CCCCC1(C)N. The minimum absolute atomic E-state index is 0.0553. The number of H-pyrrole nitrogens is 1. The molecule has 124 valence electrons. The Morgan fingerprint density at radius 3 is 2.96 bits per heavy atom. The second kappa shape index (κ2) is 6.36. The number of nitrogens with one attached hydrogen (secondary N) is 2. The lowest BCUT2D eigenvalue weighted by atomic mass is 9.74. The maximum absolute atomic E-state index is 12.5. The van der Waals surface area contributed by atoms with Gasteiger partial charge >= 0.3 is 0 Å². The van der Waals surface area contributed by atoms with E-state index in [4.69, 9.17) is 5.73 Å². The van der Waals surface area contributed by atoms with E-state index in [1.807, 2.05) is 13.0 Å². The molecule has 1 fully saturated rings. The summed E-state index contributed by atoms with van der Waals surface area (Å²) in [7, 11) is 0. The van der Waals surface area contributed by atoms with Crippen LogP contribution >= 0.6 is 0 Å². The molecule has 1 amide bonds. The predicted octanol–water partition coefficient (Wildman–Crippen LogP) is 3.04. The molecule has 0 aliphatic heterocycles. The maximum atomic E-state index is 12.5. The molecule has 4 nitrogen and oxygen atoms in total. The number of aromatic amines is 1. The van der Waals surface area contributed by atoms with Gasteiger partial charge in [0.05, 0.1) is 5.92 Å². The van der Waals surface area contributed by atoms with Gasteiger partial charge in [-0.3, -0.25) is 4.79 Å². The zero-order valence-corrected chi connectivity index (χ0v) is 14.1. The number of aryl methyl sites for hydroxylation is 1. The van der Waals surface area contributed by atoms with Crippen LogP contribution in [0.5, 0.6) is 0 Å². The van der Waals surface area contributed by atoms with Crippen LogP contribution in [0, 0.1) is 12.8 Å². The molecular formula is C19H27N3O. The molecule has 0 spiro atoms. The number of amides is 1. The first kappa shape index (κ1) is 16.1. The summed E-state index contributed by atoms with van der Waals surface area (Å²) in [6.45, 7) is 4.77. The summed E-state index contributed by atoms with van der Waals surface area (Å²) in [6.07, 6.45) is 4.92. The Morgan fingerprint density at radius 2 is 2.17 bits per heavy atom. The highest BCUT2D eigenvalue weighted by atomic mass is 16.1. The van der Waals surface area contributed by atoms with Crippen LogP contribution in [0.25, 0.3) is 10.9 Å². The van der Waals surface area contributed by atoms with Crippen LogP contribution in [0.2, 0.25) is 0 Å². The largest absolute Gasteiger partial charge is 0.358 e. The lowest BCUT2D eigenvalue weighted by Gasteiger charge is -2.37. The van der Waals surface area contributed by atoms with Crippen molar-refractivity contribution in [2.75, 3.05) is 6.54 Å². The maximum Gasteiger partial charge on any atom is 0.224 e. The van der Waals surface area contributed by atoms with Crippen molar-refractivity contribution < 1.29 is 4.79 Å². The standard InChI is InChI=1S/C19H27N3O/c1-13-14(15-7-3-4-9-17(15)22-13)10-12-21-18(23)16-8-5-6-11-19(16,2)20/h3-4,7,9,16,22H,5-6,8,10-12,20H2,1-2H3,(H,21,23). The van der Waals surface area contributed by atoms with Gasteiger partial charge in [-0.1, -0.05) is 31.0 Å². The highest BCUT2D eigenvalue weighted by Gasteiger charge is 2.37. The number of para-hydroxylation sites is 1. The van der Waals surface area contributed by atoms with E-state index in [1.165, 1.54) is 16.6 Å². The molecule has 0 bridgehead atoms. The summed E-state index contributed by atoms with van der Waals surface area (Å²) < 4.78 is 0. The van der Waals surface area contributed by atoms with E-state index in [-0.39, 0.29) is 17.4 Å². The number of hydrogen-bond acceptors (Lipinski definition) is 2. The van der Waals surface area contributed by atoms with Gasteiger partial charge in [-0.15, -0.1) is 0 Å². The molecule has 1 aromatic carbocycles. The molecule has 3 rings (SSSR count). The third-order valence-corrected chi connectivity index (χ3v) is 5.27. The molecular weight excluding hydrogens is 286 g/mol. The van der Waals surface area contributed by atoms with E-state index in [2.05, 4.69) is 35.4 Å². The number of nitrogens with two attached hydrogens (primary N) is 1. The van der Waals surface area contributed by atoms with E-state index >= 15 is 0 Å². The first-order valence-electron chi connectivity index (χ1n) is 8.62. The van der Waals surface area contributed by atoms with Crippen LogP contribution in [-0.4, -0.2) is 23.0 Å². The lowest BCUT2D eigenvalue weighted by molar-refractivity contribution is -0.128. The number of aromatic nitrogens is 1. The number of fused-ring (bicyclic) bond motifs is 1. The average Bonchev–Trinajstić information content (AvgIpc) is 2.82. The fourth-order valence-electron chi connectivity index (χ4n) is 3.88.